The van der Waals surface area contributed by atoms with Crippen molar-refractivity contribution in [3.05, 3.63) is 35.9 Å². The van der Waals surface area contributed by atoms with Crippen molar-refractivity contribution < 1.29 is 0 Å². The van der Waals surface area contributed by atoms with E-state index in [1.54, 1.807) is 0 Å². The highest BCUT2D eigenvalue weighted by atomic mass is 15.1. The summed E-state index contributed by atoms with van der Waals surface area (Å²) in [5.41, 5.74) is 1.66. The van der Waals surface area contributed by atoms with Crippen LogP contribution in [-0.4, -0.2) is 19.0 Å². The summed E-state index contributed by atoms with van der Waals surface area (Å²) in [6.07, 6.45) is 3.61. The van der Waals surface area contributed by atoms with Gasteiger partial charge in [0.2, 0.25) is 0 Å². The van der Waals surface area contributed by atoms with Crippen molar-refractivity contribution in [1.29, 1.82) is 0 Å². The van der Waals surface area contributed by atoms with E-state index in [9.17, 15) is 0 Å². The normalized spacial score (nSPS) is 15.3. The molecule has 0 bridgehead atoms. The van der Waals surface area contributed by atoms with Crippen LogP contribution in [0.2, 0.25) is 0 Å². The van der Waals surface area contributed by atoms with Crippen molar-refractivity contribution in [2.24, 2.45) is 0 Å². The minimum Gasteiger partial charge on any atom is -0.300 e. The second-order valence-electron chi connectivity index (χ2n) is 4.40. The Kier molecular flexibility index (Phi) is 4.34. The second-order valence-corrected chi connectivity index (χ2v) is 4.40. The molecule has 1 unspecified atom stereocenters. The van der Waals surface area contributed by atoms with E-state index in [4.69, 9.17) is 0 Å². The third-order valence-electron chi connectivity index (χ3n) is 3.42. The van der Waals surface area contributed by atoms with Crippen LogP contribution >= 0.6 is 0 Å². The molecule has 1 atom stereocenters. The molecular weight excluding hydrogens is 182 g/mol. The van der Waals surface area contributed by atoms with Gasteiger partial charge in [-0.15, -0.1) is 0 Å². The monoisotopic (exact) mass is 205 g/mol. The summed E-state index contributed by atoms with van der Waals surface area (Å²) >= 11 is 0. The third-order valence-corrected chi connectivity index (χ3v) is 3.42. The lowest BCUT2D eigenvalue weighted by Gasteiger charge is -2.40. The lowest BCUT2D eigenvalue weighted by molar-refractivity contribution is 0.131. The van der Waals surface area contributed by atoms with Gasteiger partial charge in [-0.1, -0.05) is 50.6 Å². The van der Waals surface area contributed by atoms with Gasteiger partial charge in [-0.05, 0) is 32.5 Å². The molecule has 1 aromatic carbocycles. The molecule has 1 heteroatoms. The zero-order valence-electron chi connectivity index (χ0n) is 10.5. The molecule has 0 radical (unpaired) electrons. The topological polar surface area (TPSA) is 3.24 Å². The van der Waals surface area contributed by atoms with Crippen LogP contribution in [0, 0.1) is 0 Å². The van der Waals surface area contributed by atoms with Crippen LogP contribution in [0.3, 0.4) is 0 Å². The summed E-state index contributed by atoms with van der Waals surface area (Å²) in [4.78, 5) is 2.37. The van der Waals surface area contributed by atoms with E-state index in [0.29, 0.717) is 0 Å². The molecule has 0 aliphatic carbocycles. The van der Waals surface area contributed by atoms with Crippen LogP contribution in [0.1, 0.15) is 38.7 Å². The number of nitrogens with zero attached hydrogens (tertiary/aromatic N) is 1. The maximum Gasteiger partial charge on any atom is 0.0452 e. The third kappa shape index (κ3) is 2.40. The number of benzene rings is 1. The maximum atomic E-state index is 2.37. The first kappa shape index (κ1) is 12.3. The van der Waals surface area contributed by atoms with Crippen LogP contribution in [0.15, 0.2) is 30.3 Å². The molecule has 1 nitrogen and oxygen atoms in total. The lowest BCUT2D eigenvalue weighted by Crippen LogP contribution is -2.40. The molecule has 0 amide bonds. The Morgan fingerprint density at radius 2 is 1.67 bits per heavy atom. The summed E-state index contributed by atoms with van der Waals surface area (Å²) in [7, 11) is 4.37. The SMILES string of the molecule is CCCC(CC)(c1ccccc1)N(C)C. The molecule has 1 rings (SSSR count). The van der Waals surface area contributed by atoms with Crippen molar-refractivity contribution in [1.82, 2.24) is 4.90 Å². The quantitative estimate of drug-likeness (QED) is 0.709. The predicted molar refractivity (Wildman–Crippen MR) is 67.0 cm³/mol. The number of hydrogen-bond acceptors (Lipinski definition) is 1. The number of hydrogen-bond donors (Lipinski definition) is 0. The average molecular weight is 205 g/mol. The summed E-state index contributed by atoms with van der Waals surface area (Å²) in [6, 6.07) is 10.9. The van der Waals surface area contributed by atoms with E-state index in [2.05, 4.69) is 63.2 Å². The van der Waals surface area contributed by atoms with Crippen LogP contribution in [0.4, 0.5) is 0 Å². The van der Waals surface area contributed by atoms with Crippen LogP contribution in [0.5, 0.6) is 0 Å². The van der Waals surface area contributed by atoms with Crippen LogP contribution in [0.25, 0.3) is 0 Å². The molecule has 0 N–H and O–H groups in total. The molecule has 0 aliphatic rings. The molecule has 84 valence electrons. The molecule has 1 aromatic rings. The van der Waals surface area contributed by atoms with Crippen molar-refractivity contribution in [3.8, 4) is 0 Å². The van der Waals surface area contributed by atoms with Crippen molar-refractivity contribution in [3.63, 3.8) is 0 Å². The van der Waals surface area contributed by atoms with Gasteiger partial charge < -0.3 is 0 Å². The van der Waals surface area contributed by atoms with Gasteiger partial charge in [0, 0.05) is 5.54 Å². The Labute approximate surface area is 94.1 Å². The zero-order valence-corrected chi connectivity index (χ0v) is 10.5. The maximum absolute atomic E-state index is 2.37. The highest BCUT2D eigenvalue weighted by molar-refractivity contribution is 5.24. The lowest BCUT2D eigenvalue weighted by atomic mass is 9.82. The molecule has 0 saturated heterocycles. The van der Waals surface area contributed by atoms with E-state index >= 15 is 0 Å². The van der Waals surface area contributed by atoms with E-state index in [1.165, 1.54) is 18.4 Å². The van der Waals surface area contributed by atoms with Crippen molar-refractivity contribution in [2.45, 2.75) is 38.6 Å². The largest absolute Gasteiger partial charge is 0.300 e. The Hall–Kier alpha value is -0.820. The molecule has 15 heavy (non-hydrogen) atoms. The molecular formula is C14H23N. The zero-order chi connectivity index (χ0) is 11.3. The van der Waals surface area contributed by atoms with Gasteiger partial charge in [0.05, 0.1) is 0 Å². The summed E-state index contributed by atoms with van der Waals surface area (Å²) in [5, 5.41) is 0. The van der Waals surface area contributed by atoms with Crippen LogP contribution in [-0.2, 0) is 5.54 Å². The highest BCUT2D eigenvalue weighted by Gasteiger charge is 2.31. The van der Waals surface area contributed by atoms with E-state index in [0.717, 1.165) is 6.42 Å². The molecule has 0 heterocycles. The molecule has 0 fully saturated rings. The van der Waals surface area contributed by atoms with Gasteiger partial charge in [-0.3, -0.25) is 4.90 Å². The molecule has 0 aromatic heterocycles. The standard InChI is InChI=1S/C14H23N/c1-5-12-14(6-2,15(3)4)13-10-8-7-9-11-13/h7-11H,5-6,12H2,1-4H3. The minimum absolute atomic E-state index is 0.218. The summed E-state index contributed by atoms with van der Waals surface area (Å²) in [6.45, 7) is 4.54. The smallest absolute Gasteiger partial charge is 0.0452 e. The molecule has 0 aliphatic heterocycles. The van der Waals surface area contributed by atoms with Gasteiger partial charge in [0.1, 0.15) is 0 Å². The van der Waals surface area contributed by atoms with E-state index in [-0.39, 0.29) is 5.54 Å². The van der Waals surface area contributed by atoms with Gasteiger partial charge in [-0.2, -0.15) is 0 Å². The first-order valence-corrected chi connectivity index (χ1v) is 5.90. The Morgan fingerprint density at radius 1 is 1.07 bits per heavy atom. The van der Waals surface area contributed by atoms with Crippen molar-refractivity contribution in [2.75, 3.05) is 14.1 Å². The fourth-order valence-electron chi connectivity index (χ4n) is 2.49. The van der Waals surface area contributed by atoms with Gasteiger partial charge in [-0.25, -0.2) is 0 Å². The van der Waals surface area contributed by atoms with E-state index in [1.807, 2.05) is 0 Å². The first-order chi connectivity index (χ1) is 7.17. The van der Waals surface area contributed by atoms with Crippen LogP contribution < -0.4 is 0 Å². The van der Waals surface area contributed by atoms with Gasteiger partial charge in [0.25, 0.3) is 0 Å². The Balaban J connectivity index is 3.09. The van der Waals surface area contributed by atoms with Crippen molar-refractivity contribution >= 4 is 0 Å². The van der Waals surface area contributed by atoms with Gasteiger partial charge >= 0.3 is 0 Å². The average Bonchev–Trinajstić information content (AvgIpc) is 2.26. The second kappa shape index (κ2) is 5.32. The summed E-state index contributed by atoms with van der Waals surface area (Å²) < 4.78 is 0. The highest BCUT2D eigenvalue weighted by Crippen LogP contribution is 2.34. The van der Waals surface area contributed by atoms with E-state index < -0.39 is 0 Å². The molecule has 0 spiro atoms. The predicted octanol–water partition coefficient (Wildman–Crippen LogP) is 3.65. The fraction of sp³-hybridized carbons (Fsp3) is 0.571. The Morgan fingerprint density at radius 3 is 2.07 bits per heavy atom. The first-order valence-electron chi connectivity index (χ1n) is 5.90. The Bertz CT molecular complexity index is 279. The molecule has 0 saturated carbocycles. The fourth-order valence-corrected chi connectivity index (χ4v) is 2.49. The number of rotatable bonds is 5. The summed E-state index contributed by atoms with van der Waals surface area (Å²) in [5.74, 6) is 0. The van der Waals surface area contributed by atoms with Gasteiger partial charge in [0.15, 0.2) is 0 Å². The minimum atomic E-state index is 0.218.